The number of carbonyl (C=O) groups excluding carboxylic acids is 2. The molecule has 3 rings (SSSR count). The Morgan fingerprint density at radius 3 is 2.70 bits per heavy atom. The molecule has 0 atom stereocenters. The predicted octanol–water partition coefficient (Wildman–Crippen LogP) is 2.80. The highest BCUT2D eigenvalue weighted by Crippen LogP contribution is 2.46. The Morgan fingerprint density at radius 2 is 2.13 bits per heavy atom. The van der Waals surface area contributed by atoms with Gasteiger partial charge in [0.2, 0.25) is 0 Å². The summed E-state index contributed by atoms with van der Waals surface area (Å²) in [4.78, 5) is 29.7. The number of hydrogen-bond donors (Lipinski definition) is 1. The minimum Gasteiger partial charge on any atom is -0.497 e. The first-order valence-electron chi connectivity index (χ1n) is 7.48. The van der Waals surface area contributed by atoms with Crippen LogP contribution in [0.5, 0.6) is 5.75 Å². The Balaban J connectivity index is 2.11. The number of nitrogen functional groups attached to an aromatic ring is 1. The first-order valence-corrected chi connectivity index (χ1v) is 8.29. The fourth-order valence-corrected chi connectivity index (χ4v) is 3.68. The first-order chi connectivity index (χ1) is 11.0. The van der Waals surface area contributed by atoms with Gasteiger partial charge < -0.3 is 15.2 Å². The predicted molar refractivity (Wildman–Crippen MR) is 87.8 cm³/mol. The number of nitrogens with zero attached hydrogens (tertiary/aromatic N) is 1. The van der Waals surface area contributed by atoms with Gasteiger partial charge in [0.25, 0.3) is 0 Å². The fourth-order valence-electron chi connectivity index (χ4n) is 2.89. The number of ether oxygens (including phenoxy) is 2. The van der Waals surface area contributed by atoms with Gasteiger partial charge in [-0.15, -0.1) is 0 Å². The maximum atomic E-state index is 13.1. The average Bonchev–Trinajstić information content (AvgIpc) is 2.85. The molecule has 2 aromatic rings. The van der Waals surface area contributed by atoms with Crippen LogP contribution in [0.1, 0.15) is 36.5 Å². The summed E-state index contributed by atoms with van der Waals surface area (Å²) >= 11 is 1.29. The number of carbonyl (C=O) groups is 2. The highest BCUT2D eigenvalue weighted by atomic mass is 32.1. The van der Waals surface area contributed by atoms with Crippen molar-refractivity contribution in [1.29, 1.82) is 0 Å². The second-order valence-electron chi connectivity index (χ2n) is 5.56. The topological polar surface area (TPSA) is 91.5 Å². The van der Waals surface area contributed by atoms with E-state index in [-0.39, 0.29) is 12.4 Å². The second kappa shape index (κ2) is 5.81. The fraction of sp³-hybridized carbons (Fsp3) is 0.438. The Kier molecular flexibility index (Phi) is 3.97. The highest BCUT2D eigenvalue weighted by Gasteiger charge is 2.52. The van der Waals surface area contributed by atoms with E-state index in [0.717, 1.165) is 11.1 Å². The zero-order valence-electron chi connectivity index (χ0n) is 13.0. The van der Waals surface area contributed by atoms with Crippen LogP contribution in [-0.2, 0) is 9.53 Å². The quantitative estimate of drug-likeness (QED) is 0.513. The van der Waals surface area contributed by atoms with Crippen LogP contribution in [0.25, 0.3) is 10.2 Å². The van der Waals surface area contributed by atoms with Gasteiger partial charge in [0.05, 0.1) is 23.9 Å². The van der Waals surface area contributed by atoms with Gasteiger partial charge in [-0.3, -0.25) is 9.59 Å². The Bertz CT molecular complexity index is 780. The minimum atomic E-state index is -1.09. The standard InChI is InChI=1S/C16H18N2O4S/c1-3-22-14(20)16(5-4-6-16)13(19)10-7-9(21-2)8-11-12(10)18-15(17)23-11/h7-8H,3-6H2,1-2H3,(H2,17,18). The molecular weight excluding hydrogens is 316 g/mol. The summed E-state index contributed by atoms with van der Waals surface area (Å²) in [6.45, 7) is 1.99. The van der Waals surface area contributed by atoms with E-state index in [4.69, 9.17) is 15.2 Å². The number of anilines is 1. The molecule has 1 aromatic carbocycles. The number of aromatic nitrogens is 1. The van der Waals surface area contributed by atoms with Gasteiger partial charge in [-0.05, 0) is 31.9 Å². The van der Waals surface area contributed by atoms with E-state index in [1.807, 2.05) is 0 Å². The maximum Gasteiger partial charge on any atom is 0.320 e. The third-order valence-corrected chi connectivity index (χ3v) is 5.10. The number of methoxy groups -OCH3 is 1. The van der Waals surface area contributed by atoms with Crippen LogP contribution in [0.4, 0.5) is 5.13 Å². The Labute approximate surface area is 137 Å². The van der Waals surface area contributed by atoms with Crippen LogP contribution >= 0.6 is 11.3 Å². The van der Waals surface area contributed by atoms with Crippen molar-refractivity contribution in [1.82, 2.24) is 4.98 Å². The molecule has 6 nitrogen and oxygen atoms in total. The largest absolute Gasteiger partial charge is 0.497 e. The monoisotopic (exact) mass is 334 g/mol. The number of benzene rings is 1. The molecule has 0 amide bonds. The van der Waals surface area contributed by atoms with Crippen molar-refractivity contribution in [2.45, 2.75) is 26.2 Å². The third kappa shape index (κ3) is 2.45. The molecule has 23 heavy (non-hydrogen) atoms. The van der Waals surface area contributed by atoms with Crippen molar-refractivity contribution in [2.24, 2.45) is 5.41 Å². The van der Waals surface area contributed by atoms with Gasteiger partial charge in [0.1, 0.15) is 11.2 Å². The number of thiazole rings is 1. The molecule has 0 radical (unpaired) electrons. The Hall–Kier alpha value is -2.15. The van der Waals surface area contributed by atoms with E-state index in [1.54, 1.807) is 19.1 Å². The molecule has 1 aromatic heterocycles. The molecule has 0 saturated heterocycles. The molecule has 122 valence electrons. The molecule has 1 fully saturated rings. The number of nitrogens with two attached hydrogens (primary N) is 1. The van der Waals surface area contributed by atoms with Crippen LogP contribution in [0.15, 0.2) is 12.1 Å². The summed E-state index contributed by atoms with van der Waals surface area (Å²) in [5, 5.41) is 0.376. The van der Waals surface area contributed by atoms with Gasteiger partial charge in [-0.2, -0.15) is 0 Å². The SMILES string of the molecule is CCOC(=O)C1(C(=O)c2cc(OC)cc3sc(N)nc23)CCC1. The zero-order chi connectivity index (χ0) is 16.6. The van der Waals surface area contributed by atoms with Gasteiger partial charge >= 0.3 is 5.97 Å². The molecule has 1 saturated carbocycles. The lowest BCUT2D eigenvalue weighted by molar-refractivity contribution is -0.156. The zero-order valence-corrected chi connectivity index (χ0v) is 13.9. The van der Waals surface area contributed by atoms with Gasteiger partial charge in [-0.25, -0.2) is 4.98 Å². The van der Waals surface area contributed by atoms with Crippen LogP contribution in [0, 0.1) is 5.41 Å². The molecule has 0 bridgehead atoms. The molecule has 1 heterocycles. The number of Topliss-reactive ketones (excluding diaryl/α,β-unsaturated/α-hetero) is 1. The van der Waals surface area contributed by atoms with Crippen molar-refractivity contribution < 1.29 is 19.1 Å². The summed E-state index contributed by atoms with van der Waals surface area (Å²) in [5.41, 5.74) is 5.59. The van der Waals surface area contributed by atoms with Crippen LogP contribution in [0.3, 0.4) is 0 Å². The lowest BCUT2D eigenvalue weighted by atomic mass is 9.64. The number of esters is 1. The minimum absolute atomic E-state index is 0.253. The summed E-state index contributed by atoms with van der Waals surface area (Å²) in [6.07, 6.45) is 1.84. The first kappa shape index (κ1) is 15.7. The summed E-state index contributed by atoms with van der Waals surface area (Å²) in [7, 11) is 1.53. The van der Waals surface area contributed by atoms with Gasteiger partial charge in [0.15, 0.2) is 10.9 Å². The number of hydrogen-bond acceptors (Lipinski definition) is 7. The number of fused-ring (bicyclic) bond motifs is 1. The van der Waals surface area contributed by atoms with E-state index in [9.17, 15) is 9.59 Å². The van der Waals surface area contributed by atoms with Crippen LogP contribution in [0.2, 0.25) is 0 Å². The summed E-state index contributed by atoms with van der Waals surface area (Å²) in [5.74, 6) is -0.158. The third-order valence-electron chi connectivity index (χ3n) is 4.27. The van der Waals surface area contributed by atoms with Crippen molar-refractivity contribution in [2.75, 3.05) is 19.5 Å². The van der Waals surface area contributed by atoms with Gasteiger partial charge in [0, 0.05) is 5.56 Å². The smallest absolute Gasteiger partial charge is 0.320 e. The van der Waals surface area contributed by atoms with Crippen molar-refractivity contribution in [3.8, 4) is 5.75 Å². The van der Waals surface area contributed by atoms with Gasteiger partial charge in [-0.1, -0.05) is 17.8 Å². The highest BCUT2D eigenvalue weighted by molar-refractivity contribution is 7.22. The molecular formula is C16H18N2O4S. The van der Waals surface area contributed by atoms with E-state index >= 15 is 0 Å². The summed E-state index contributed by atoms with van der Waals surface area (Å²) < 4.78 is 11.2. The van der Waals surface area contributed by atoms with Crippen molar-refractivity contribution in [3.05, 3.63) is 17.7 Å². The van der Waals surface area contributed by atoms with E-state index < -0.39 is 11.4 Å². The lowest BCUT2D eigenvalue weighted by Crippen LogP contribution is -2.46. The molecule has 0 unspecified atom stereocenters. The lowest BCUT2D eigenvalue weighted by Gasteiger charge is -2.37. The van der Waals surface area contributed by atoms with E-state index in [1.165, 1.54) is 18.4 Å². The molecule has 1 aliphatic rings. The second-order valence-corrected chi connectivity index (χ2v) is 6.62. The summed E-state index contributed by atoms with van der Waals surface area (Å²) in [6, 6.07) is 3.42. The maximum absolute atomic E-state index is 13.1. The average molecular weight is 334 g/mol. The van der Waals surface area contributed by atoms with E-state index in [2.05, 4.69) is 4.98 Å². The molecule has 0 spiro atoms. The van der Waals surface area contributed by atoms with E-state index in [0.29, 0.717) is 34.8 Å². The number of rotatable bonds is 5. The molecule has 0 aliphatic heterocycles. The molecule has 7 heteroatoms. The van der Waals surface area contributed by atoms with Crippen LogP contribution < -0.4 is 10.5 Å². The molecule has 2 N–H and O–H groups in total. The number of ketones is 1. The normalized spacial score (nSPS) is 15.9. The Morgan fingerprint density at radius 1 is 1.39 bits per heavy atom. The van der Waals surface area contributed by atoms with Crippen LogP contribution in [-0.4, -0.2) is 30.5 Å². The van der Waals surface area contributed by atoms with Crippen molar-refractivity contribution >= 4 is 38.4 Å². The molecule has 1 aliphatic carbocycles. The van der Waals surface area contributed by atoms with Crippen molar-refractivity contribution in [3.63, 3.8) is 0 Å².